The number of hydrogen-bond donors (Lipinski definition) is 1. The van der Waals surface area contributed by atoms with Gasteiger partial charge in [-0.3, -0.25) is 0 Å². The summed E-state index contributed by atoms with van der Waals surface area (Å²) in [5.41, 5.74) is 7.41. The lowest BCUT2D eigenvalue weighted by Gasteiger charge is -2.17. The van der Waals surface area contributed by atoms with Crippen LogP contribution in [0.2, 0.25) is 0 Å². The van der Waals surface area contributed by atoms with Crippen molar-refractivity contribution in [1.29, 1.82) is 0 Å². The smallest absolute Gasteiger partial charge is 0.0900 e. The number of rotatable bonds is 1. The van der Waals surface area contributed by atoms with E-state index in [1.165, 1.54) is 5.56 Å². The molecule has 0 radical (unpaired) electrons. The summed E-state index contributed by atoms with van der Waals surface area (Å²) in [6, 6.07) is 2.12. The quantitative estimate of drug-likeness (QED) is 0.806. The molecule has 0 aliphatic heterocycles. The van der Waals surface area contributed by atoms with Gasteiger partial charge >= 0.3 is 0 Å². The normalized spacial score (nSPS) is 12.0. The van der Waals surface area contributed by atoms with E-state index in [2.05, 4.69) is 42.8 Å². The highest BCUT2D eigenvalue weighted by molar-refractivity contribution is 9.11. The van der Waals surface area contributed by atoms with Crippen LogP contribution < -0.4 is 5.73 Å². The first-order chi connectivity index (χ1) is 5.38. The van der Waals surface area contributed by atoms with Crippen molar-refractivity contribution in [2.75, 3.05) is 5.73 Å². The summed E-state index contributed by atoms with van der Waals surface area (Å²) >= 11 is 5.03. The van der Waals surface area contributed by atoms with Crippen LogP contribution in [0.5, 0.6) is 0 Å². The Hall–Kier alpha value is -0.0200. The van der Waals surface area contributed by atoms with Gasteiger partial charge < -0.3 is 5.73 Å². The van der Waals surface area contributed by atoms with E-state index in [1.807, 2.05) is 0 Å². The summed E-state index contributed by atoms with van der Waals surface area (Å²) < 4.78 is 1.12. The molecule has 0 aromatic carbocycles. The molecule has 0 aliphatic rings. The number of halogens is 1. The molecule has 0 saturated heterocycles. The molecule has 0 unspecified atom stereocenters. The van der Waals surface area contributed by atoms with Gasteiger partial charge in [-0.15, -0.1) is 11.3 Å². The second kappa shape index (κ2) is 3.38. The van der Waals surface area contributed by atoms with Gasteiger partial charge in [0, 0.05) is 0 Å². The second-order valence-electron chi connectivity index (χ2n) is 4.18. The topological polar surface area (TPSA) is 26.0 Å². The van der Waals surface area contributed by atoms with Crippen molar-refractivity contribution in [2.45, 2.75) is 27.2 Å². The van der Waals surface area contributed by atoms with E-state index in [9.17, 15) is 0 Å². The minimum atomic E-state index is 0.314. The molecule has 0 atom stereocenters. The molecule has 1 rings (SSSR count). The Bertz CT molecular complexity index is 273. The van der Waals surface area contributed by atoms with Crippen molar-refractivity contribution in [3.63, 3.8) is 0 Å². The molecular weight excluding hydrogens is 234 g/mol. The average Bonchev–Trinajstić information content (AvgIpc) is 2.06. The van der Waals surface area contributed by atoms with Crippen molar-refractivity contribution < 1.29 is 0 Å². The Kier molecular flexibility index (Phi) is 2.84. The van der Waals surface area contributed by atoms with Crippen LogP contribution in [0, 0.1) is 5.41 Å². The first kappa shape index (κ1) is 10.1. The lowest BCUT2D eigenvalue weighted by atomic mass is 9.89. The van der Waals surface area contributed by atoms with Crippen LogP contribution in [0.4, 0.5) is 5.00 Å². The molecule has 0 aliphatic carbocycles. The third kappa shape index (κ3) is 2.79. The molecule has 1 aromatic rings. The first-order valence-electron chi connectivity index (χ1n) is 3.92. The molecule has 1 aromatic heterocycles. The Morgan fingerprint density at radius 1 is 1.50 bits per heavy atom. The third-order valence-electron chi connectivity index (χ3n) is 1.53. The van der Waals surface area contributed by atoms with Crippen LogP contribution in [-0.2, 0) is 6.42 Å². The van der Waals surface area contributed by atoms with Gasteiger partial charge in [0.25, 0.3) is 0 Å². The minimum Gasteiger partial charge on any atom is -0.390 e. The first-order valence-corrected chi connectivity index (χ1v) is 5.53. The maximum atomic E-state index is 5.84. The van der Waals surface area contributed by atoms with Crippen molar-refractivity contribution in [3.05, 3.63) is 15.4 Å². The maximum absolute atomic E-state index is 5.84. The van der Waals surface area contributed by atoms with E-state index in [4.69, 9.17) is 5.73 Å². The van der Waals surface area contributed by atoms with Gasteiger partial charge in [-0.2, -0.15) is 0 Å². The summed E-state index contributed by atoms with van der Waals surface area (Å²) in [4.78, 5) is 0. The molecule has 1 heterocycles. The van der Waals surface area contributed by atoms with Gasteiger partial charge in [-0.05, 0) is 39.4 Å². The standard InChI is InChI=1S/C9H14BrNS/c1-9(2,3)5-6-4-7(10)12-8(6)11/h4H,5,11H2,1-3H3. The van der Waals surface area contributed by atoms with Crippen molar-refractivity contribution in [1.82, 2.24) is 0 Å². The fourth-order valence-electron chi connectivity index (χ4n) is 1.12. The fraction of sp³-hybridized carbons (Fsp3) is 0.556. The predicted octanol–water partition coefficient (Wildman–Crippen LogP) is 3.68. The predicted molar refractivity (Wildman–Crippen MR) is 59.6 cm³/mol. The maximum Gasteiger partial charge on any atom is 0.0900 e. The van der Waals surface area contributed by atoms with E-state index >= 15 is 0 Å². The van der Waals surface area contributed by atoms with E-state index in [-0.39, 0.29) is 0 Å². The number of thiophene rings is 1. The van der Waals surface area contributed by atoms with Gasteiger partial charge in [0.05, 0.1) is 8.79 Å². The van der Waals surface area contributed by atoms with Gasteiger partial charge in [0.15, 0.2) is 0 Å². The van der Waals surface area contributed by atoms with Crippen molar-refractivity contribution in [3.8, 4) is 0 Å². The molecule has 0 fully saturated rings. The highest BCUT2D eigenvalue weighted by Crippen LogP contribution is 2.33. The van der Waals surface area contributed by atoms with Crippen LogP contribution >= 0.6 is 27.3 Å². The molecule has 0 bridgehead atoms. The van der Waals surface area contributed by atoms with Crippen molar-refractivity contribution in [2.24, 2.45) is 5.41 Å². The summed E-state index contributed by atoms with van der Waals surface area (Å²) in [5.74, 6) is 0. The van der Waals surface area contributed by atoms with Crippen LogP contribution in [0.3, 0.4) is 0 Å². The molecule has 68 valence electrons. The average molecular weight is 248 g/mol. The molecular formula is C9H14BrNS. The molecule has 3 heteroatoms. The van der Waals surface area contributed by atoms with E-state index < -0.39 is 0 Å². The molecule has 12 heavy (non-hydrogen) atoms. The lowest BCUT2D eigenvalue weighted by Crippen LogP contribution is -2.09. The van der Waals surface area contributed by atoms with Gasteiger partial charge in [0.2, 0.25) is 0 Å². The second-order valence-corrected chi connectivity index (χ2v) is 6.64. The Morgan fingerprint density at radius 3 is 2.42 bits per heavy atom. The monoisotopic (exact) mass is 247 g/mol. The van der Waals surface area contributed by atoms with E-state index in [1.54, 1.807) is 11.3 Å². The third-order valence-corrected chi connectivity index (χ3v) is 3.04. The Labute approximate surface area is 86.1 Å². The number of anilines is 1. The van der Waals surface area contributed by atoms with Crippen LogP contribution in [0.1, 0.15) is 26.3 Å². The van der Waals surface area contributed by atoms with Crippen LogP contribution in [-0.4, -0.2) is 0 Å². The van der Waals surface area contributed by atoms with Crippen LogP contribution in [0.25, 0.3) is 0 Å². The molecule has 2 N–H and O–H groups in total. The zero-order valence-electron chi connectivity index (χ0n) is 7.65. The largest absolute Gasteiger partial charge is 0.390 e. The Balaban J connectivity index is 2.82. The summed E-state index contributed by atoms with van der Waals surface area (Å²) in [6.07, 6.45) is 1.04. The lowest BCUT2D eigenvalue weighted by molar-refractivity contribution is 0.412. The van der Waals surface area contributed by atoms with Crippen LogP contribution in [0.15, 0.2) is 9.85 Å². The SMILES string of the molecule is CC(C)(C)Cc1cc(Br)sc1N. The van der Waals surface area contributed by atoms with E-state index in [0.29, 0.717) is 5.41 Å². The summed E-state index contributed by atoms with van der Waals surface area (Å²) in [5, 5.41) is 0.941. The minimum absolute atomic E-state index is 0.314. The summed E-state index contributed by atoms with van der Waals surface area (Å²) in [6.45, 7) is 6.66. The molecule has 0 spiro atoms. The molecule has 0 saturated carbocycles. The van der Waals surface area contributed by atoms with Gasteiger partial charge in [-0.25, -0.2) is 0 Å². The number of hydrogen-bond acceptors (Lipinski definition) is 2. The Morgan fingerprint density at radius 2 is 2.08 bits per heavy atom. The van der Waals surface area contributed by atoms with Crippen molar-refractivity contribution >= 4 is 32.3 Å². The highest BCUT2D eigenvalue weighted by atomic mass is 79.9. The number of nitrogens with two attached hydrogens (primary N) is 1. The fourth-order valence-corrected chi connectivity index (χ4v) is 2.59. The zero-order valence-corrected chi connectivity index (χ0v) is 10.1. The number of nitrogen functional groups attached to an aromatic ring is 1. The molecule has 0 amide bonds. The molecule has 1 nitrogen and oxygen atoms in total. The van der Waals surface area contributed by atoms with Gasteiger partial charge in [0.1, 0.15) is 0 Å². The summed E-state index contributed by atoms with van der Waals surface area (Å²) in [7, 11) is 0. The highest BCUT2D eigenvalue weighted by Gasteiger charge is 2.14. The van der Waals surface area contributed by atoms with E-state index in [0.717, 1.165) is 15.2 Å². The van der Waals surface area contributed by atoms with Gasteiger partial charge in [-0.1, -0.05) is 20.8 Å². The zero-order chi connectivity index (χ0) is 9.35.